The second-order valence-electron chi connectivity index (χ2n) is 12.7. The van der Waals surface area contributed by atoms with Crippen molar-refractivity contribution in [3.63, 3.8) is 0 Å². The number of hydrogen-bond acceptors (Lipinski definition) is 6. The number of aliphatic hydroxyl groups excluding tert-OH is 2. The van der Waals surface area contributed by atoms with Crippen LogP contribution in [0.3, 0.4) is 0 Å². The zero-order valence-electron chi connectivity index (χ0n) is 26.5. The highest BCUT2D eigenvalue weighted by Gasteiger charge is 2.25. The van der Waals surface area contributed by atoms with Crippen molar-refractivity contribution >= 4 is 5.97 Å². The van der Waals surface area contributed by atoms with Gasteiger partial charge in [0.15, 0.2) is 11.6 Å². The summed E-state index contributed by atoms with van der Waals surface area (Å²) >= 11 is 0. The minimum absolute atomic E-state index is 0.130. The summed E-state index contributed by atoms with van der Waals surface area (Å²) in [5, 5.41) is 19.3. The van der Waals surface area contributed by atoms with Gasteiger partial charge in [-0.25, -0.2) is 4.39 Å². The molecule has 0 aromatic heterocycles. The molecule has 7 heteroatoms. The number of ether oxygens (including phenoxy) is 3. The van der Waals surface area contributed by atoms with Crippen LogP contribution in [-0.2, 0) is 16.0 Å². The molecule has 0 aliphatic rings. The summed E-state index contributed by atoms with van der Waals surface area (Å²) in [5.41, 5.74) is 1.05. The number of hydrogen-bond donors (Lipinski definition) is 2. The summed E-state index contributed by atoms with van der Waals surface area (Å²) in [7, 11) is 0. The quantitative estimate of drug-likeness (QED) is 0.121. The lowest BCUT2D eigenvalue weighted by molar-refractivity contribution is -0.153. The molecule has 0 spiro atoms. The van der Waals surface area contributed by atoms with Gasteiger partial charge in [0.2, 0.25) is 0 Å². The fraction of sp³-hybridized carbons (Fsp3) is 0.629. The monoisotopic (exact) mass is 588 g/mol. The number of carbonyl (C=O) groups excluding carboxylic acids is 1. The van der Waals surface area contributed by atoms with E-state index in [0.717, 1.165) is 29.5 Å². The van der Waals surface area contributed by atoms with Gasteiger partial charge in [0.25, 0.3) is 0 Å². The Hall–Kier alpha value is -2.64. The van der Waals surface area contributed by atoms with Gasteiger partial charge in [-0.1, -0.05) is 70.9 Å². The highest BCUT2D eigenvalue weighted by Crippen LogP contribution is 2.31. The smallest absolute Gasteiger partial charge is 0.311 e. The van der Waals surface area contributed by atoms with Crippen LogP contribution >= 0.6 is 0 Å². The van der Waals surface area contributed by atoms with Crippen LogP contribution in [0.5, 0.6) is 11.5 Å². The highest BCUT2D eigenvalue weighted by atomic mass is 19.1. The molecule has 0 atom stereocenters. The predicted molar refractivity (Wildman–Crippen MR) is 166 cm³/mol. The predicted octanol–water partition coefficient (Wildman–Crippen LogP) is 7.90. The normalized spacial score (nSPS) is 11.9. The number of aliphatic hydroxyl groups is 2. The van der Waals surface area contributed by atoms with Gasteiger partial charge in [-0.15, -0.1) is 0 Å². The Morgan fingerprint density at radius 1 is 0.762 bits per heavy atom. The van der Waals surface area contributed by atoms with Crippen molar-refractivity contribution < 1.29 is 33.6 Å². The molecule has 0 unspecified atom stereocenters. The van der Waals surface area contributed by atoms with Crippen LogP contribution in [0.1, 0.15) is 98.0 Å². The van der Waals surface area contributed by atoms with E-state index in [1.54, 1.807) is 13.0 Å². The van der Waals surface area contributed by atoms with E-state index in [1.807, 2.05) is 45.0 Å². The van der Waals surface area contributed by atoms with Crippen LogP contribution in [0.4, 0.5) is 4.39 Å². The maximum Gasteiger partial charge on any atom is 0.311 e. The van der Waals surface area contributed by atoms with Gasteiger partial charge in [-0.2, -0.15) is 0 Å². The molecule has 2 aromatic rings. The molecule has 2 rings (SSSR count). The molecule has 0 fully saturated rings. The summed E-state index contributed by atoms with van der Waals surface area (Å²) in [5.74, 6) is 0.217. The van der Waals surface area contributed by atoms with Crippen molar-refractivity contribution in [1.82, 2.24) is 0 Å². The minimum atomic E-state index is -0.786. The number of rotatable bonds is 20. The van der Waals surface area contributed by atoms with Crippen LogP contribution in [0.15, 0.2) is 36.4 Å². The topological polar surface area (TPSA) is 85.2 Å². The van der Waals surface area contributed by atoms with Gasteiger partial charge >= 0.3 is 5.97 Å². The molecule has 0 bridgehead atoms. The Bertz CT molecular complexity index is 1070. The van der Waals surface area contributed by atoms with Gasteiger partial charge in [0.05, 0.1) is 38.4 Å². The van der Waals surface area contributed by atoms with Crippen LogP contribution in [0.25, 0.3) is 11.1 Å². The van der Waals surface area contributed by atoms with E-state index in [2.05, 4.69) is 6.92 Å². The summed E-state index contributed by atoms with van der Waals surface area (Å²) in [6, 6.07) is 10.7. The molecule has 0 radical (unpaired) electrons. The second-order valence-corrected chi connectivity index (χ2v) is 12.7. The molecule has 2 N–H and O–H groups in total. The third-order valence-electron chi connectivity index (χ3n) is 7.36. The van der Waals surface area contributed by atoms with E-state index in [4.69, 9.17) is 14.2 Å². The molecule has 236 valence electrons. The maximum absolute atomic E-state index is 15.0. The van der Waals surface area contributed by atoms with Crippen molar-refractivity contribution in [2.75, 3.05) is 33.0 Å². The Kier molecular flexibility index (Phi) is 15.3. The molecule has 0 saturated heterocycles. The third-order valence-corrected chi connectivity index (χ3v) is 7.36. The first-order valence-electron chi connectivity index (χ1n) is 15.6. The van der Waals surface area contributed by atoms with E-state index in [1.165, 1.54) is 44.6 Å². The molecule has 42 heavy (non-hydrogen) atoms. The molecule has 0 saturated carbocycles. The Morgan fingerprint density at radius 2 is 1.36 bits per heavy atom. The zero-order chi connectivity index (χ0) is 31.0. The van der Waals surface area contributed by atoms with Crippen molar-refractivity contribution in [3.8, 4) is 22.6 Å². The number of esters is 1. The van der Waals surface area contributed by atoms with E-state index in [0.29, 0.717) is 25.2 Å². The van der Waals surface area contributed by atoms with E-state index >= 15 is 0 Å². The van der Waals surface area contributed by atoms with E-state index in [-0.39, 0.29) is 38.1 Å². The van der Waals surface area contributed by atoms with Crippen LogP contribution in [-0.4, -0.2) is 49.2 Å². The highest BCUT2D eigenvalue weighted by molar-refractivity contribution is 5.75. The van der Waals surface area contributed by atoms with E-state index in [9.17, 15) is 19.4 Å². The van der Waals surface area contributed by atoms with Crippen LogP contribution in [0, 0.1) is 16.6 Å². The summed E-state index contributed by atoms with van der Waals surface area (Å²) in [6.07, 6.45) is 10.7. The molecular formula is C35H53FO6. The molecule has 6 nitrogen and oxygen atoms in total. The largest absolute Gasteiger partial charge is 0.493 e. The first kappa shape index (κ1) is 35.6. The summed E-state index contributed by atoms with van der Waals surface area (Å²) in [4.78, 5) is 12.1. The third kappa shape index (κ3) is 12.3. The lowest BCUT2D eigenvalue weighted by atomic mass is 9.94. The zero-order valence-corrected chi connectivity index (χ0v) is 26.5. The average molecular weight is 589 g/mol. The average Bonchev–Trinajstić information content (AvgIpc) is 2.97. The number of aryl methyl sites for hydroxylation is 1. The minimum Gasteiger partial charge on any atom is -0.493 e. The molecular weight excluding hydrogens is 535 g/mol. The standard InChI is InChI=1S/C35H53FO6/c1-6-7-8-9-10-11-12-13-20-40-32-19-17-28(23-30(32)36)27-16-18-31(42-26-35(5,24-37)25-38)29(22-27)15-14-21-41-33(39)34(2,3)4/h16-19,22-23,37-38H,6-15,20-21,24-26H2,1-5H3. The fourth-order valence-electron chi connectivity index (χ4n) is 4.35. The molecule has 0 amide bonds. The maximum atomic E-state index is 15.0. The van der Waals surface area contributed by atoms with E-state index < -0.39 is 16.6 Å². The summed E-state index contributed by atoms with van der Waals surface area (Å²) in [6.45, 7) is 9.88. The van der Waals surface area contributed by atoms with Gasteiger partial charge in [0.1, 0.15) is 5.75 Å². The molecule has 2 aromatic carbocycles. The Labute approximate surface area is 252 Å². The summed E-state index contributed by atoms with van der Waals surface area (Å²) < 4.78 is 32.2. The van der Waals surface area contributed by atoms with Gasteiger partial charge in [-0.05, 0) is 81.0 Å². The SMILES string of the molecule is CCCCCCCCCCOc1ccc(-c2ccc(OCC(C)(CO)CO)c(CCCOC(=O)C(C)(C)C)c2)cc1F. The van der Waals surface area contributed by atoms with Crippen molar-refractivity contribution in [2.24, 2.45) is 10.8 Å². The number of unbranched alkanes of at least 4 members (excludes halogenated alkanes) is 7. The van der Waals surface area contributed by atoms with Crippen molar-refractivity contribution in [1.29, 1.82) is 0 Å². The van der Waals surface area contributed by atoms with Crippen molar-refractivity contribution in [2.45, 2.75) is 98.8 Å². The molecule has 0 heterocycles. The number of benzene rings is 2. The number of carbonyl (C=O) groups is 1. The molecule has 0 aliphatic carbocycles. The lowest BCUT2D eigenvalue weighted by Gasteiger charge is -2.25. The Morgan fingerprint density at radius 3 is 1.95 bits per heavy atom. The number of halogens is 1. The van der Waals surface area contributed by atoms with Crippen LogP contribution < -0.4 is 9.47 Å². The first-order valence-corrected chi connectivity index (χ1v) is 15.6. The van der Waals surface area contributed by atoms with Crippen LogP contribution in [0.2, 0.25) is 0 Å². The fourth-order valence-corrected chi connectivity index (χ4v) is 4.35. The van der Waals surface area contributed by atoms with Gasteiger partial charge < -0.3 is 24.4 Å². The first-order chi connectivity index (χ1) is 20.0. The molecule has 0 aliphatic heterocycles. The van der Waals surface area contributed by atoms with Crippen molar-refractivity contribution in [3.05, 3.63) is 47.8 Å². The Balaban J connectivity index is 2.05. The van der Waals surface area contributed by atoms with Gasteiger partial charge in [0, 0.05) is 5.41 Å². The van der Waals surface area contributed by atoms with Gasteiger partial charge in [-0.3, -0.25) is 4.79 Å². The second kappa shape index (κ2) is 18.1. The lowest BCUT2D eigenvalue weighted by Crippen LogP contribution is -2.33.